The van der Waals surface area contributed by atoms with Gasteiger partial charge in [0.25, 0.3) is 0 Å². The molecule has 0 atom stereocenters. The van der Waals surface area contributed by atoms with Crippen LogP contribution in [0.15, 0.2) is 41.8 Å². The second-order valence-corrected chi connectivity index (χ2v) is 6.16. The van der Waals surface area contributed by atoms with Crippen LogP contribution < -0.4 is 10.5 Å². The van der Waals surface area contributed by atoms with Gasteiger partial charge in [0, 0.05) is 23.5 Å². The van der Waals surface area contributed by atoms with E-state index in [1.807, 2.05) is 24.3 Å². The average Bonchev–Trinajstić information content (AvgIpc) is 2.99. The highest BCUT2D eigenvalue weighted by Gasteiger charge is 2.05. The van der Waals surface area contributed by atoms with E-state index in [4.69, 9.17) is 22.7 Å². The van der Waals surface area contributed by atoms with Gasteiger partial charge in [-0.1, -0.05) is 25.2 Å². The van der Waals surface area contributed by atoms with Crippen molar-refractivity contribution in [3.8, 4) is 5.75 Å². The molecule has 0 aliphatic heterocycles. The molecule has 0 unspecified atom stereocenters. The van der Waals surface area contributed by atoms with Crippen molar-refractivity contribution in [3.63, 3.8) is 0 Å². The fourth-order valence-corrected chi connectivity index (χ4v) is 2.86. The maximum Gasteiger partial charge on any atom is 0.119 e. The van der Waals surface area contributed by atoms with Crippen molar-refractivity contribution in [2.45, 2.75) is 13.5 Å². The van der Waals surface area contributed by atoms with Crippen LogP contribution in [0.5, 0.6) is 5.75 Å². The van der Waals surface area contributed by atoms with Crippen LogP contribution in [0.25, 0.3) is 0 Å². The predicted octanol–water partition coefficient (Wildman–Crippen LogP) is 3.28. The number of likely N-dealkylation sites (N-methyl/N-ethyl adjacent to an activating group) is 1. The molecule has 0 saturated heterocycles. The van der Waals surface area contributed by atoms with Crippen molar-refractivity contribution in [2.24, 2.45) is 5.73 Å². The Morgan fingerprint density at radius 1 is 1.29 bits per heavy atom. The predicted molar refractivity (Wildman–Crippen MR) is 93.1 cm³/mol. The normalized spacial score (nSPS) is 10.8. The van der Waals surface area contributed by atoms with Gasteiger partial charge in [0.2, 0.25) is 0 Å². The lowest BCUT2D eigenvalue weighted by Crippen LogP contribution is -2.27. The number of thiocarbonyl (C=S) groups is 1. The van der Waals surface area contributed by atoms with Crippen LogP contribution in [0.4, 0.5) is 0 Å². The van der Waals surface area contributed by atoms with Gasteiger partial charge in [0.05, 0.1) is 0 Å². The number of hydrogen-bond donors (Lipinski definition) is 1. The Bertz CT molecular complexity index is 552. The summed E-state index contributed by atoms with van der Waals surface area (Å²) in [6, 6.07) is 11.9. The topological polar surface area (TPSA) is 38.5 Å². The third-order valence-corrected chi connectivity index (χ3v) is 4.32. The SMILES string of the molecule is CCN(CCOc1ccc(C(N)=S)cc1)Cc1cccs1. The quantitative estimate of drug-likeness (QED) is 0.758. The van der Waals surface area contributed by atoms with E-state index in [2.05, 4.69) is 29.3 Å². The highest BCUT2D eigenvalue weighted by atomic mass is 32.1. The van der Waals surface area contributed by atoms with E-state index in [1.165, 1.54) is 4.88 Å². The summed E-state index contributed by atoms with van der Waals surface area (Å²) in [7, 11) is 0. The van der Waals surface area contributed by atoms with Crippen LogP contribution in [0.2, 0.25) is 0 Å². The van der Waals surface area contributed by atoms with Crippen LogP contribution in [-0.4, -0.2) is 29.6 Å². The summed E-state index contributed by atoms with van der Waals surface area (Å²) in [6.07, 6.45) is 0. The Hall–Kier alpha value is -1.43. The van der Waals surface area contributed by atoms with Crippen LogP contribution >= 0.6 is 23.6 Å². The maximum atomic E-state index is 5.77. The molecule has 0 radical (unpaired) electrons. The van der Waals surface area contributed by atoms with Gasteiger partial charge in [-0.2, -0.15) is 0 Å². The summed E-state index contributed by atoms with van der Waals surface area (Å²) >= 11 is 6.72. The monoisotopic (exact) mass is 320 g/mol. The summed E-state index contributed by atoms with van der Waals surface area (Å²) < 4.78 is 5.77. The van der Waals surface area contributed by atoms with Gasteiger partial charge in [-0.05, 0) is 42.3 Å². The maximum absolute atomic E-state index is 5.77. The third kappa shape index (κ3) is 5.12. The first-order valence-electron chi connectivity index (χ1n) is 6.96. The molecule has 2 N–H and O–H groups in total. The van der Waals surface area contributed by atoms with Gasteiger partial charge in [0.1, 0.15) is 17.3 Å². The zero-order valence-electron chi connectivity index (χ0n) is 12.1. The summed E-state index contributed by atoms with van der Waals surface area (Å²) in [5, 5.41) is 2.11. The Labute approximate surface area is 135 Å². The highest BCUT2D eigenvalue weighted by Crippen LogP contribution is 2.13. The van der Waals surface area contributed by atoms with E-state index < -0.39 is 0 Å². The molecule has 21 heavy (non-hydrogen) atoms. The molecule has 0 spiro atoms. The highest BCUT2D eigenvalue weighted by molar-refractivity contribution is 7.80. The van der Waals surface area contributed by atoms with E-state index in [-0.39, 0.29) is 0 Å². The van der Waals surface area contributed by atoms with Crippen LogP contribution in [0, 0.1) is 0 Å². The zero-order valence-corrected chi connectivity index (χ0v) is 13.8. The minimum absolute atomic E-state index is 0.412. The molecule has 0 fully saturated rings. The van der Waals surface area contributed by atoms with Gasteiger partial charge >= 0.3 is 0 Å². The summed E-state index contributed by atoms with van der Waals surface area (Å²) in [5.41, 5.74) is 6.44. The van der Waals surface area contributed by atoms with Crippen LogP contribution in [-0.2, 0) is 6.54 Å². The molecule has 2 aromatic rings. The fraction of sp³-hybridized carbons (Fsp3) is 0.312. The van der Waals surface area contributed by atoms with Gasteiger partial charge in [0.15, 0.2) is 0 Å². The van der Waals surface area contributed by atoms with Gasteiger partial charge in [-0.3, -0.25) is 4.90 Å². The number of hydrogen-bond acceptors (Lipinski definition) is 4. The minimum atomic E-state index is 0.412. The Kier molecular flexibility index (Phi) is 6.17. The van der Waals surface area contributed by atoms with E-state index in [1.54, 1.807) is 11.3 Å². The molecule has 0 aliphatic rings. The fourth-order valence-electron chi connectivity index (χ4n) is 1.98. The van der Waals surface area contributed by atoms with Crippen LogP contribution in [0.3, 0.4) is 0 Å². The molecule has 112 valence electrons. The van der Waals surface area contributed by atoms with E-state index in [9.17, 15) is 0 Å². The third-order valence-electron chi connectivity index (χ3n) is 3.22. The van der Waals surface area contributed by atoms with Crippen molar-refractivity contribution < 1.29 is 4.74 Å². The molecule has 3 nitrogen and oxygen atoms in total. The molecule has 1 heterocycles. The Balaban J connectivity index is 1.78. The first-order chi connectivity index (χ1) is 10.2. The molecule has 2 rings (SSSR count). The minimum Gasteiger partial charge on any atom is -0.492 e. The first-order valence-corrected chi connectivity index (χ1v) is 8.25. The van der Waals surface area contributed by atoms with E-state index >= 15 is 0 Å². The first kappa shape index (κ1) is 15.9. The van der Waals surface area contributed by atoms with E-state index in [0.29, 0.717) is 11.6 Å². The summed E-state index contributed by atoms with van der Waals surface area (Å²) in [6.45, 7) is 5.75. The number of benzene rings is 1. The molecule has 0 amide bonds. The Morgan fingerprint density at radius 3 is 2.62 bits per heavy atom. The summed E-state index contributed by atoms with van der Waals surface area (Å²) in [4.78, 5) is 4.17. The van der Waals surface area contributed by atoms with Gasteiger partial charge in [-0.15, -0.1) is 11.3 Å². The zero-order chi connectivity index (χ0) is 15.1. The molecule has 1 aromatic carbocycles. The number of thiophene rings is 1. The largest absolute Gasteiger partial charge is 0.492 e. The molecular weight excluding hydrogens is 300 g/mol. The van der Waals surface area contributed by atoms with E-state index in [0.717, 1.165) is 30.9 Å². The van der Waals surface area contributed by atoms with Crippen molar-refractivity contribution in [3.05, 3.63) is 52.2 Å². The summed E-state index contributed by atoms with van der Waals surface area (Å²) in [5.74, 6) is 0.849. The molecule has 0 aliphatic carbocycles. The molecule has 1 aromatic heterocycles. The molecule has 0 bridgehead atoms. The average molecular weight is 320 g/mol. The molecule has 5 heteroatoms. The number of ether oxygens (including phenoxy) is 1. The lowest BCUT2D eigenvalue weighted by molar-refractivity contribution is 0.211. The van der Waals surface area contributed by atoms with Crippen LogP contribution in [0.1, 0.15) is 17.4 Å². The standard InChI is InChI=1S/C16H20N2OS2/c1-2-18(12-15-4-3-11-21-15)9-10-19-14-7-5-13(6-8-14)16(17)20/h3-8,11H,2,9-10,12H2,1H3,(H2,17,20). The lowest BCUT2D eigenvalue weighted by atomic mass is 10.2. The number of nitrogens with zero attached hydrogens (tertiary/aromatic N) is 1. The van der Waals surface area contributed by atoms with Gasteiger partial charge in [-0.25, -0.2) is 0 Å². The van der Waals surface area contributed by atoms with Crippen molar-refractivity contribution >= 4 is 28.5 Å². The molecular formula is C16H20N2OS2. The molecule has 0 saturated carbocycles. The van der Waals surface area contributed by atoms with Gasteiger partial charge < -0.3 is 10.5 Å². The second kappa shape index (κ2) is 8.12. The smallest absolute Gasteiger partial charge is 0.119 e. The Morgan fingerprint density at radius 2 is 2.05 bits per heavy atom. The number of rotatable bonds is 8. The van der Waals surface area contributed by atoms with Crippen molar-refractivity contribution in [1.82, 2.24) is 4.90 Å². The lowest BCUT2D eigenvalue weighted by Gasteiger charge is -2.19. The van der Waals surface area contributed by atoms with Crippen molar-refractivity contribution in [1.29, 1.82) is 0 Å². The second-order valence-electron chi connectivity index (χ2n) is 4.69. The van der Waals surface area contributed by atoms with Crippen molar-refractivity contribution in [2.75, 3.05) is 19.7 Å². The number of nitrogens with two attached hydrogens (primary N) is 1.